The fourth-order valence-corrected chi connectivity index (χ4v) is 3.50. The molecule has 0 radical (unpaired) electrons. The standard InChI is InChI=1S/C21H22ClN3O2S/c1-14-5-2-6-15-11-16(20(27)24-19(14)15)13-25(9-4-10-26)21(28)23-18-8-3-7-17(22)12-18/h2-3,5-8,11-12,26H,4,9-10,13H2,1H3,(H,23,28)(H,24,27). The van der Waals surface area contributed by atoms with Crippen molar-refractivity contribution in [2.24, 2.45) is 0 Å². The van der Waals surface area contributed by atoms with E-state index in [1.807, 2.05) is 48.2 Å². The first-order chi connectivity index (χ1) is 13.5. The number of para-hydroxylation sites is 1. The minimum absolute atomic E-state index is 0.0452. The molecule has 0 spiro atoms. The summed E-state index contributed by atoms with van der Waals surface area (Å²) in [7, 11) is 0. The average Bonchev–Trinajstić information content (AvgIpc) is 2.66. The summed E-state index contributed by atoms with van der Waals surface area (Å²) in [5.41, 5.74) is 3.12. The van der Waals surface area contributed by atoms with Crippen molar-refractivity contribution in [3.63, 3.8) is 0 Å². The molecule has 3 aromatic rings. The first-order valence-corrected chi connectivity index (χ1v) is 9.80. The van der Waals surface area contributed by atoms with E-state index in [4.69, 9.17) is 23.8 Å². The summed E-state index contributed by atoms with van der Waals surface area (Å²) in [4.78, 5) is 17.5. The lowest BCUT2D eigenvalue weighted by molar-refractivity contribution is 0.266. The number of aromatic amines is 1. The van der Waals surface area contributed by atoms with Gasteiger partial charge in [0, 0.05) is 29.4 Å². The molecule has 0 aliphatic heterocycles. The predicted octanol–water partition coefficient (Wildman–Crippen LogP) is 4.07. The zero-order valence-electron chi connectivity index (χ0n) is 15.5. The van der Waals surface area contributed by atoms with Crippen LogP contribution in [0.5, 0.6) is 0 Å². The van der Waals surface area contributed by atoms with Gasteiger partial charge in [-0.05, 0) is 60.8 Å². The van der Waals surface area contributed by atoms with Crippen LogP contribution >= 0.6 is 23.8 Å². The fraction of sp³-hybridized carbons (Fsp3) is 0.238. The highest BCUT2D eigenvalue weighted by molar-refractivity contribution is 7.80. The van der Waals surface area contributed by atoms with E-state index < -0.39 is 0 Å². The molecule has 0 aliphatic rings. The number of H-pyrrole nitrogens is 1. The largest absolute Gasteiger partial charge is 0.396 e. The molecule has 146 valence electrons. The van der Waals surface area contributed by atoms with Crippen LogP contribution in [0.3, 0.4) is 0 Å². The summed E-state index contributed by atoms with van der Waals surface area (Å²) in [6.45, 7) is 2.87. The molecule has 1 heterocycles. The minimum atomic E-state index is -0.138. The number of anilines is 1. The molecule has 0 atom stereocenters. The van der Waals surface area contributed by atoms with E-state index in [1.165, 1.54) is 0 Å². The Morgan fingerprint density at radius 2 is 2.04 bits per heavy atom. The molecule has 3 rings (SSSR count). The van der Waals surface area contributed by atoms with Crippen LogP contribution in [0.2, 0.25) is 5.02 Å². The van der Waals surface area contributed by atoms with Gasteiger partial charge in [0.1, 0.15) is 0 Å². The molecule has 0 aliphatic carbocycles. The Morgan fingerprint density at radius 3 is 2.79 bits per heavy atom. The van der Waals surface area contributed by atoms with Crippen molar-refractivity contribution in [2.45, 2.75) is 19.9 Å². The molecule has 1 aromatic heterocycles. The molecule has 7 heteroatoms. The number of aromatic nitrogens is 1. The Balaban J connectivity index is 1.86. The van der Waals surface area contributed by atoms with Crippen LogP contribution in [0.25, 0.3) is 10.9 Å². The molecular weight excluding hydrogens is 394 g/mol. The number of aryl methyl sites for hydroxylation is 1. The van der Waals surface area contributed by atoms with Crippen molar-refractivity contribution in [2.75, 3.05) is 18.5 Å². The Bertz CT molecular complexity index is 1050. The van der Waals surface area contributed by atoms with Gasteiger partial charge in [0.2, 0.25) is 0 Å². The van der Waals surface area contributed by atoms with Gasteiger partial charge in [-0.2, -0.15) is 0 Å². The van der Waals surface area contributed by atoms with Gasteiger partial charge in [-0.1, -0.05) is 35.9 Å². The van der Waals surface area contributed by atoms with Gasteiger partial charge in [-0.25, -0.2) is 0 Å². The first kappa shape index (κ1) is 20.3. The zero-order valence-corrected chi connectivity index (χ0v) is 17.1. The second kappa shape index (κ2) is 9.19. The van der Waals surface area contributed by atoms with Crippen molar-refractivity contribution in [1.82, 2.24) is 9.88 Å². The van der Waals surface area contributed by atoms with Gasteiger partial charge in [0.05, 0.1) is 12.1 Å². The summed E-state index contributed by atoms with van der Waals surface area (Å²) in [6.07, 6.45) is 0.544. The predicted molar refractivity (Wildman–Crippen MR) is 119 cm³/mol. The van der Waals surface area contributed by atoms with Crippen molar-refractivity contribution < 1.29 is 5.11 Å². The van der Waals surface area contributed by atoms with Crippen LogP contribution in [0.4, 0.5) is 5.69 Å². The third kappa shape index (κ3) is 4.90. The third-order valence-electron chi connectivity index (χ3n) is 4.48. The highest BCUT2D eigenvalue weighted by Gasteiger charge is 2.14. The Labute approximate surface area is 174 Å². The molecule has 0 amide bonds. The number of benzene rings is 2. The van der Waals surface area contributed by atoms with E-state index in [-0.39, 0.29) is 12.2 Å². The van der Waals surface area contributed by atoms with Gasteiger partial charge in [-0.15, -0.1) is 0 Å². The maximum Gasteiger partial charge on any atom is 0.253 e. The second-order valence-electron chi connectivity index (χ2n) is 6.60. The quantitative estimate of drug-likeness (QED) is 0.529. The highest BCUT2D eigenvalue weighted by Crippen LogP contribution is 2.18. The zero-order chi connectivity index (χ0) is 20.1. The summed E-state index contributed by atoms with van der Waals surface area (Å²) < 4.78 is 0. The number of pyridine rings is 1. The Morgan fingerprint density at radius 1 is 1.25 bits per heavy atom. The van der Waals surface area contributed by atoms with Crippen LogP contribution in [0.1, 0.15) is 17.5 Å². The molecule has 5 nitrogen and oxygen atoms in total. The number of fused-ring (bicyclic) bond motifs is 1. The van der Waals surface area contributed by atoms with Gasteiger partial charge in [0.15, 0.2) is 5.11 Å². The molecule has 0 bridgehead atoms. The Hall–Kier alpha value is -2.41. The lowest BCUT2D eigenvalue weighted by Gasteiger charge is -2.25. The fourth-order valence-electron chi connectivity index (χ4n) is 3.03. The van der Waals surface area contributed by atoms with Crippen molar-refractivity contribution >= 4 is 45.5 Å². The van der Waals surface area contributed by atoms with E-state index >= 15 is 0 Å². The first-order valence-electron chi connectivity index (χ1n) is 9.02. The molecule has 0 saturated heterocycles. The second-order valence-corrected chi connectivity index (χ2v) is 7.43. The van der Waals surface area contributed by atoms with E-state index in [0.29, 0.717) is 35.2 Å². The lowest BCUT2D eigenvalue weighted by Crippen LogP contribution is -2.37. The number of aliphatic hydroxyl groups is 1. The number of nitrogens with one attached hydrogen (secondary N) is 2. The van der Waals surface area contributed by atoms with Crippen LogP contribution in [-0.2, 0) is 6.54 Å². The summed E-state index contributed by atoms with van der Waals surface area (Å²) >= 11 is 11.6. The monoisotopic (exact) mass is 415 g/mol. The van der Waals surface area contributed by atoms with E-state index in [1.54, 1.807) is 12.1 Å². The van der Waals surface area contributed by atoms with E-state index in [2.05, 4.69) is 10.3 Å². The van der Waals surface area contributed by atoms with Crippen LogP contribution in [-0.4, -0.2) is 33.3 Å². The number of hydrogen-bond donors (Lipinski definition) is 3. The normalized spacial score (nSPS) is 10.8. The molecule has 0 unspecified atom stereocenters. The number of halogens is 1. The van der Waals surface area contributed by atoms with Crippen molar-refractivity contribution in [1.29, 1.82) is 0 Å². The summed E-state index contributed by atoms with van der Waals surface area (Å²) in [5.74, 6) is 0. The number of aliphatic hydroxyl groups excluding tert-OH is 1. The molecule has 0 saturated carbocycles. The SMILES string of the molecule is Cc1cccc2cc(CN(CCCO)C(=S)Nc3cccc(Cl)c3)c(=O)[nH]c12. The Kier molecular flexibility index (Phi) is 6.67. The smallest absolute Gasteiger partial charge is 0.253 e. The maximum atomic E-state index is 12.6. The van der Waals surface area contributed by atoms with Crippen LogP contribution in [0.15, 0.2) is 53.3 Å². The molecule has 28 heavy (non-hydrogen) atoms. The maximum absolute atomic E-state index is 12.6. The third-order valence-corrected chi connectivity index (χ3v) is 5.07. The van der Waals surface area contributed by atoms with Crippen LogP contribution in [0, 0.1) is 6.92 Å². The van der Waals surface area contributed by atoms with Gasteiger partial charge < -0.3 is 20.3 Å². The van der Waals surface area contributed by atoms with Gasteiger partial charge in [0.25, 0.3) is 5.56 Å². The lowest BCUT2D eigenvalue weighted by atomic mass is 10.1. The molecule has 0 fully saturated rings. The van der Waals surface area contributed by atoms with Gasteiger partial charge in [-0.3, -0.25) is 4.79 Å². The molecule has 2 aromatic carbocycles. The molecule has 3 N–H and O–H groups in total. The van der Waals surface area contributed by atoms with E-state index in [9.17, 15) is 9.90 Å². The number of hydrogen-bond acceptors (Lipinski definition) is 3. The number of thiocarbonyl (C=S) groups is 1. The number of nitrogens with zero attached hydrogens (tertiary/aromatic N) is 1. The van der Waals surface area contributed by atoms with Crippen LogP contribution < -0.4 is 10.9 Å². The molecular formula is C21H22ClN3O2S. The topological polar surface area (TPSA) is 68.4 Å². The van der Waals surface area contributed by atoms with Crippen molar-refractivity contribution in [3.8, 4) is 0 Å². The van der Waals surface area contributed by atoms with E-state index in [0.717, 1.165) is 22.2 Å². The van der Waals surface area contributed by atoms with Gasteiger partial charge >= 0.3 is 0 Å². The summed E-state index contributed by atoms with van der Waals surface area (Å²) in [6, 6.07) is 15.1. The average molecular weight is 416 g/mol. The summed E-state index contributed by atoms with van der Waals surface area (Å²) in [5, 5.41) is 14.5. The highest BCUT2D eigenvalue weighted by atomic mass is 35.5. The number of rotatable bonds is 6. The minimum Gasteiger partial charge on any atom is -0.396 e. The van der Waals surface area contributed by atoms with Crippen molar-refractivity contribution in [3.05, 3.63) is 75.0 Å².